The first-order valence-corrected chi connectivity index (χ1v) is 8.59. The highest BCUT2D eigenvalue weighted by Gasteiger charge is 2.26. The molecule has 4 rings (SSSR count). The summed E-state index contributed by atoms with van der Waals surface area (Å²) in [5, 5.41) is 0. The van der Waals surface area contributed by atoms with E-state index in [1.165, 1.54) is 16.2 Å². The summed E-state index contributed by atoms with van der Waals surface area (Å²) in [6, 6.07) is 19.2. The number of aryl methyl sites for hydroxylation is 2. The van der Waals surface area contributed by atoms with Gasteiger partial charge in [0.25, 0.3) is 5.56 Å². The van der Waals surface area contributed by atoms with Crippen LogP contribution in [0.15, 0.2) is 75.4 Å². The van der Waals surface area contributed by atoms with E-state index in [0.29, 0.717) is 23.2 Å². The Bertz CT molecular complexity index is 1080. The Morgan fingerprint density at radius 3 is 2.46 bits per heavy atom. The van der Waals surface area contributed by atoms with Gasteiger partial charge in [0.2, 0.25) is 5.95 Å². The Morgan fingerprint density at radius 2 is 1.77 bits per heavy atom. The lowest BCUT2D eigenvalue weighted by molar-refractivity contribution is 0.980. The second-order valence-corrected chi connectivity index (χ2v) is 6.15. The minimum absolute atomic E-state index is 0.175. The molecule has 2 aromatic carbocycles. The lowest BCUT2D eigenvalue weighted by Gasteiger charge is -2.07. The van der Waals surface area contributed by atoms with Crippen LogP contribution in [0.1, 0.15) is 23.7 Å². The van der Waals surface area contributed by atoms with E-state index in [1.54, 1.807) is 6.92 Å². The van der Waals surface area contributed by atoms with Gasteiger partial charge in [-0.25, -0.2) is 19.5 Å². The summed E-state index contributed by atoms with van der Waals surface area (Å²) in [5.74, 6) is 0.880. The van der Waals surface area contributed by atoms with Gasteiger partial charge in [0.05, 0.1) is 5.69 Å². The quantitative estimate of drug-likeness (QED) is 0.726. The van der Waals surface area contributed by atoms with Crippen LogP contribution >= 0.6 is 0 Å². The summed E-state index contributed by atoms with van der Waals surface area (Å²) in [7, 11) is 0. The monoisotopic (exact) mass is 342 g/mol. The van der Waals surface area contributed by atoms with Crippen LogP contribution in [0.25, 0.3) is 0 Å². The molecule has 1 aliphatic heterocycles. The van der Waals surface area contributed by atoms with Gasteiger partial charge < -0.3 is 0 Å². The molecule has 0 atom stereocenters. The largest absolute Gasteiger partial charge is 0.269 e. The molecule has 5 heteroatoms. The SMILES string of the molecule is CCc1ccc(N=C2C(c3ccccc3)=Nc3nc(C)cc(=O)n32)cc1. The van der Waals surface area contributed by atoms with E-state index < -0.39 is 0 Å². The molecule has 0 aliphatic carbocycles. The molecule has 0 N–H and O–H groups in total. The van der Waals surface area contributed by atoms with Crippen LogP contribution in [0, 0.1) is 6.92 Å². The van der Waals surface area contributed by atoms with Crippen LogP contribution in [-0.4, -0.2) is 21.1 Å². The predicted octanol–water partition coefficient (Wildman–Crippen LogP) is 3.83. The third kappa shape index (κ3) is 2.88. The van der Waals surface area contributed by atoms with E-state index in [1.807, 2.05) is 54.6 Å². The van der Waals surface area contributed by atoms with Crippen LogP contribution in [0.2, 0.25) is 0 Å². The average molecular weight is 342 g/mol. The Labute approximate surface area is 151 Å². The summed E-state index contributed by atoms with van der Waals surface area (Å²) < 4.78 is 1.48. The van der Waals surface area contributed by atoms with Gasteiger partial charge in [-0.3, -0.25) is 4.79 Å². The highest BCUT2D eigenvalue weighted by molar-refractivity contribution is 6.50. The van der Waals surface area contributed by atoms with E-state index in [2.05, 4.69) is 16.9 Å². The van der Waals surface area contributed by atoms with Gasteiger partial charge in [0.15, 0.2) is 5.84 Å². The zero-order valence-corrected chi connectivity index (χ0v) is 14.7. The number of aliphatic imine (C=N–C) groups is 2. The Morgan fingerprint density at radius 1 is 1.04 bits per heavy atom. The molecule has 2 heterocycles. The van der Waals surface area contributed by atoms with Gasteiger partial charge in [0, 0.05) is 17.3 Å². The van der Waals surface area contributed by atoms with E-state index >= 15 is 0 Å². The average Bonchev–Trinajstić information content (AvgIpc) is 3.01. The zero-order valence-electron chi connectivity index (χ0n) is 14.7. The molecule has 1 aliphatic rings. The maximum absolute atomic E-state index is 12.6. The van der Waals surface area contributed by atoms with Crippen molar-refractivity contribution in [1.82, 2.24) is 9.55 Å². The third-order valence-electron chi connectivity index (χ3n) is 4.29. The fraction of sp³-hybridized carbons (Fsp3) is 0.143. The number of fused-ring (bicyclic) bond motifs is 1. The first-order valence-electron chi connectivity index (χ1n) is 8.59. The second-order valence-electron chi connectivity index (χ2n) is 6.15. The molecular formula is C21H18N4O. The normalized spacial score (nSPS) is 14.4. The first-order chi connectivity index (χ1) is 12.7. The maximum Gasteiger partial charge on any atom is 0.261 e. The van der Waals surface area contributed by atoms with Crippen molar-refractivity contribution in [1.29, 1.82) is 0 Å². The van der Waals surface area contributed by atoms with Crippen molar-refractivity contribution < 1.29 is 0 Å². The fourth-order valence-electron chi connectivity index (χ4n) is 2.93. The summed E-state index contributed by atoms with van der Waals surface area (Å²) in [6.45, 7) is 3.90. The van der Waals surface area contributed by atoms with E-state index in [9.17, 15) is 4.79 Å². The number of rotatable bonds is 3. The molecule has 0 saturated heterocycles. The molecule has 0 spiro atoms. The molecule has 26 heavy (non-hydrogen) atoms. The molecule has 128 valence electrons. The van der Waals surface area contributed by atoms with Crippen LogP contribution < -0.4 is 5.56 Å². The minimum atomic E-state index is -0.175. The topological polar surface area (TPSA) is 59.6 Å². The Kier molecular flexibility index (Phi) is 4.05. The maximum atomic E-state index is 12.6. The highest BCUT2D eigenvalue weighted by Crippen LogP contribution is 2.23. The van der Waals surface area contributed by atoms with Crippen molar-refractivity contribution in [3.05, 3.63) is 87.8 Å². The zero-order chi connectivity index (χ0) is 18.1. The molecule has 0 bridgehead atoms. The van der Waals surface area contributed by atoms with E-state index in [-0.39, 0.29) is 5.56 Å². The van der Waals surface area contributed by atoms with Crippen molar-refractivity contribution in [2.45, 2.75) is 20.3 Å². The van der Waals surface area contributed by atoms with Crippen molar-refractivity contribution in [2.75, 3.05) is 0 Å². The number of aromatic nitrogens is 2. The smallest absolute Gasteiger partial charge is 0.261 e. The summed E-state index contributed by atoms with van der Waals surface area (Å²) in [5.41, 5.74) is 4.05. The molecule has 0 saturated carbocycles. The van der Waals surface area contributed by atoms with E-state index in [0.717, 1.165) is 17.7 Å². The molecule has 0 radical (unpaired) electrons. The molecular weight excluding hydrogens is 324 g/mol. The van der Waals surface area contributed by atoms with Crippen molar-refractivity contribution >= 4 is 23.2 Å². The molecule has 1 aromatic heterocycles. The summed E-state index contributed by atoms with van der Waals surface area (Å²) in [6.07, 6.45) is 0.971. The van der Waals surface area contributed by atoms with Gasteiger partial charge in [0.1, 0.15) is 5.71 Å². The molecule has 0 unspecified atom stereocenters. The van der Waals surface area contributed by atoms with Crippen LogP contribution in [0.4, 0.5) is 11.6 Å². The fourth-order valence-corrected chi connectivity index (χ4v) is 2.93. The highest BCUT2D eigenvalue weighted by atomic mass is 16.1. The van der Waals surface area contributed by atoms with E-state index in [4.69, 9.17) is 4.99 Å². The molecule has 0 amide bonds. The first kappa shape index (κ1) is 16.1. The van der Waals surface area contributed by atoms with Crippen LogP contribution in [0.5, 0.6) is 0 Å². The standard InChI is InChI=1S/C21H18N4O/c1-3-15-9-11-17(12-10-15)23-20-19(16-7-5-4-6-8-16)24-21-22-14(2)13-18(26)25(20)21/h4-13H,3H2,1-2H3. The number of hydrogen-bond acceptors (Lipinski definition) is 4. The summed E-state index contributed by atoms with van der Waals surface area (Å²) >= 11 is 0. The van der Waals surface area contributed by atoms with Gasteiger partial charge in [-0.05, 0) is 31.0 Å². The Balaban J connectivity index is 1.90. The second kappa shape index (κ2) is 6.52. The number of hydrogen-bond donors (Lipinski definition) is 0. The van der Waals surface area contributed by atoms with Gasteiger partial charge in [-0.1, -0.05) is 49.4 Å². The third-order valence-corrected chi connectivity index (χ3v) is 4.29. The van der Waals surface area contributed by atoms with Crippen molar-refractivity contribution in [2.24, 2.45) is 9.98 Å². The number of nitrogens with zero attached hydrogens (tertiary/aromatic N) is 4. The minimum Gasteiger partial charge on any atom is -0.269 e. The number of benzene rings is 2. The predicted molar refractivity (Wildman–Crippen MR) is 104 cm³/mol. The van der Waals surface area contributed by atoms with Gasteiger partial charge in [-0.15, -0.1) is 0 Å². The summed E-state index contributed by atoms with van der Waals surface area (Å²) in [4.78, 5) is 26.3. The lowest BCUT2D eigenvalue weighted by Crippen LogP contribution is -2.29. The molecule has 3 aromatic rings. The Hall–Kier alpha value is -3.34. The van der Waals surface area contributed by atoms with Crippen molar-refractivity contribution in [3.63, 3.8) is 0 Å². The molecule has 0 fully saturated rings. The lowest BCUT2D eigenvalue weighted by atomic mass is 10.1. The van der Waals surface area contributed by atoms with Crippen LogP contribution in [-0.2, 0) is 6.42 Å². The molecule has 5 nitrogen and oxygen atoms in total. The van der Waals surface area contributed by atoms with Crippen LogP contribution in [0.3, 0.4) is 0 Å². The van der Waals surface area contributed by atoms with Crippen molar-refractivity contribution in [3.8, 4) is 0 Å². The van der Waals surface area contributed by atoms with Gasteiger partial charge >= 0.3 is 0 Å². The van der Waals surface area contributed by atoms with Gasteiger partial charge in [-0.2, -0.15) is 0 Å².